The van der Waals surface area contributed by atoms with Crippen LogP contribution >= 0.6 is 33.0 Å². The zero-order valence-electron chi connectivity index (χ0n) is 18.0. The van der Waals surface area contributed by atoms with Gasteiger partial charge in [0.2, 0.25) is 9.23 Å². The van der Waals surface area contributed by atoms with Crippen molar-refractivity contribution >= 4 is 48.3 Å². The van der Waals surface area contributed by atoms with Gasteiger partial charge in [0.25, 0.3) is 18.0 Å². The molecule has 0 aliphatic heterocycles. The van der Waals surface area contributed by atoms with Crippen LogP contribution in [0.5, 0.6) is 0 Å². The van der Waals surface area contributed by atoms with Gasteiger partial charge in [0.1, 0.15) is 23.9 Å². The van der Waals surface area contributed by atoms with E-state index in [4.69, 9.17) is 34.9 Å². The predicted molar refractivity (Wildman–Crippen MR) is 126 cm³/mol. The second-order valence-corrected chi connectivity index (χ2v) is 8.63. The first-order chi connectivity index (χ1) is 17.1. The maximum atomic E-state index is 12.5. The normalized spacial score (nSPS) is 9.22. The van der Waals surface area contributed by atoms with Crippen LogP contribution in [0.15, 0.2) is 80.0 Å². The second kappa shape index (κ2) is 20.4. The summed E-state index contributed by atoms with van der Waals surface area (Å²) in [7, 11) is 7.36. The Hall–Kier alpha value is -2.79. The van der Waals surface area contributed by atoms with Crippen molar-refractivity contribution in [3.05, 3.63) is 108 Å². The van der Waals surface area contributed by atoms with Gasteiger partial charge in [-0.05, 0) is 23.8 Å². The molecule has 0 unspecified atom stereocenters. The van der Waals surface area contributed by atoms with E-state index in [2.05, 4.69) is 30.2 Å². The molecule has 1 aromatic carbocycles. The van der Waals surface area contributed by atoms with E-state index in [1.165, 1.54) is 24.3 Å². The van der Waals surface area contributed by atoms with E-state index in [1.807, 2.05) is 30.3 Å². The van der Waals surface area contributed by atoms with Crippen molar-refractivity contribution in [2.45, 2.75) is 18.9 Å². The lowest BCUT2D eigenvalue weighted by atomic mass is 10.1. The number of aliphatic hydroxyl groups excluding tert-OH is 1. The molecule has 7 nitrogen and oxygen atoms in total. The third-order valence-corrected chi connectivity index (χ3v) is 3.66. The second-order valence-electron chi connectivity index (χ2n) is 5.84. The van der Waals surface area contributed by atoms with Crippen LogP contribution in [0.1, 0.15) is 22.8 Å². The van der Waals surface area contributed by atoms with E-state index in [1.54, 1.807) is 6.07 Å². The van der Waals surface area contributed by atoms with Crippen LogP contribution in [0, 0.1) is 18.0 Å². The molecule has 0 aliphatic carbocycles. The highest BCUT2D eigenvalue weighted by Gasteiger charge is 2.01. The van der Waals surface area contributed by atoms with Crippen molar-refractivity contribution in [3.63, 3.8) is 0 Å². The zero-order valence-corrected chi connectivity index (χ0v) is 21.1. The molecule has 3 aromatic heterocycles. The van der Waals surface area contributed by atoms with Gasteiger partial charge in [0.05, 0.1) is 5.88 Å². The summed E-state index contributed by atoms with van der Waals surface area (Å²) in [6, 6.07) is 16.3. The van der Waals surface area contributed by atoms with Gasteiger partial charge in [-0.15, -0.1) is 11.6 Å². The Balaban J connectivity index is 0.000000467. The first kappa shape index (κ1) is 33.2. The molecule has 0 atom stereocenters. The monoisotopic (exact) mass is 588 g/mol. The van der Waals surface area contributed by atoms with Crippen molar-refractivity contribution in [3.8, 4) is 0 Å². The molecular formula is C22H18Cl3F3O7S. The van der Waals surface area contributed by atoms with Crippen molar-refractivity contribution in [1.29, 1.82) is 0 Å². The number of halogens is 6. The Morgan fingerprint density at radius 3 is 1.42 bits per heavy atom. The average molecular weight is 590 g/mol. The summed E-state index contributed by atoms with van der Waals surface area (Å²) in [6.07, 6.45) is 0.894. The molecule has 0 radical (unpaired) electrons. The van der Waals surface area contributed by atoms with Crippen molar-refractivity contribution in [1.82, 2.24) is 0 Å². The summed E-state index contributed by atoms with van der Waals surface area (Å²) < 4.78 is 58.8. The molecule has 0 fully saturated rings. The van der Waals surface area contributed by atoms with Gasteiger partial charge in [-0.2, -0.15) is 22.8 Å². The Morgan fingerprint density at radius 2 is 1.14 bits per heavy atom. The molecule has 0 aliphatic rings. The zero-order chi connectivity index (χ0) is 27.3. The summed E-state index contributed by atoms with van der Waals surface area (Å²) >= 11 is 5.28. The standard InChI is InChI=1S/C11H9FO.C5H4ClFO.C5H5FO2.CO2.Cl2OS/c12-11-7-6-10(13-11)8-9-4-2-1-3-5-9;6-3-4-1-2-5(7)8-4;6-5-2-1-4(3-7)8-5;2-1-3;1-4(2)3/h1-7H,8H2;1-2H,3H2;1-2,7H,3H2;;. The third kappa shape index (κ3) is 17.6. The Kier molecular flexibility index (Phi) is 18.8. The van der Waals surface area contributed by atoms with Crippen LogP contribution in [-0.4, -0.2) is 15.5 Å². The first-order valence-corrected chi connectivity index (χ1v) is 12.7. The van der Waals surface area contributed by atoms with Crippen LogP contribution in [-0.2, 0) is 37.7 Å². The fourth-order valence-electron chi connectivity index (χ4n) is 2.10. The first-order valence-electron chi connectivity index (χ1n) is 9.32. The summed E-state index contributed by atoms with van der Waals surface area (Å²) in [5, 5.41) is 8.29. The van der Waals surface area contributed by atoms with Crippen LogP contribution in [0.25, 0.3) is 0 Å². The lowest BCUT2D eigenvalue weighted by Gasteiger charge is -1.95. The average Bonchev–Trinajstić information content (AvgIpc) is 3.57. The highest BCUT2D eigenvalue weighted by molar-refractivity contribution is 8.26. The number of hydrogen-bond donors (Lipinski definition) is 1. The molecule has 0 saturated heterocycles. The lowest BCUT2D eigenvalue weighted by Crippen LogP contribution is -1.83. The van der Waals surface area contributed by atoms with Crippen LogP contribution in [0.4, 0.5) is 13.2 Å². The molecule has 196 valence electrons. The predicted octanol–water partition coefficient (Wildman–Crippen LogP) is 6.54. The van der Waals surface area contributed by atoms with Crippen LogP contribution in [0.2, 0.25) is 0 Å². The van der Waals surface area contributed by atoms with Gasteiger partial charge in [-0.1, -0.05) is 30.3 Å². The number of benzene rings is 1. The molecule has 36 heavy (non-hydrogen) atoms. The Labute approximate surface area is 219 Å². The number of hydrogen-bond acceptors (Lipinski definition) is 7. The SMILES string of the molecule is Fc1ccc(CCl)o1.Fc1ccc(Cc2ccccc2)o1.O=C=O.O=S(Cl)Cl.OCc1ccc(F)o1. The quantitative estimate of drug-likeness (QED) is 0.213. The Bertz CT molecular complexity index is 1120. The van der Waals surface area contributed by atoms with E-state index < -0.39 is 27.3 Å². The molecular weight excluding hydrogens is 572 g/mol. The summed E-state index contributed by atoms with van der Waals surface area (Å²) in [4.78, 5) is 16.2. The molecule has 0 spiro atoms. The molecule has 4 rings (SSSR count). The minimum absolute atomic E-state index is 0.226. The van der Waals surface area contributed by atoms with Gasteiger partial charge >= 0.3 is 6.15 Å². The van der Waals surface area contributed by atoms with Crippen molar-refractivity contribution in [2.75, 3.05) is 0 Å². The van der Waals surface area contributed by atoms with Crippen LogP contribution < -0.4 is 0 Å². The number of rotatable bonds is 4. The molecule has 0 saturated carbocycles. The lowest BCUT2D eigenvalue weighted by molar-refractivity contribution is -0.191. The highest BCUT2D eigenvalue weighted by Crippen LogP contribution is 2.11. The fourth-order valence-corrected chi connectivity index (χ4v) is 2.25. The number of carbonyl (C=O) groups excluding carboxylic acids is 2. The van der Waals surface area contributed by atoms with E-state index in [-0.39, 0.29) is 24.4 Å². The smallest absolute Gasteiger partial charge is 0.373 e. The van der Waals surface area contributed by atoms with Gasteiger partial charge in [-0.3, -0.25) is 0 Å². The minimum Gasteiger partial charge on any atom is -0.436 e. The third-order valence-electron chi connectivity index (χ3n) is 3.40. The molecule has 1 N–H and O–H groups in total. The van der Waals surface area contributed by atoms with Crippen LogP contribution in [0.3, 0.4) is 0 Å². The largest absolute Gasteiger partial charge is 0.436 e. The fraction of sp³-hybridized carbons (Fsp3) is 0.136. The summed E-state index contributed by atoms with van der Waals surface area (Å²) in [6.45, 7) is -0.246. The molecule has 14 heteroatoms. The summed E-state index contributed by atoms with van der Waals surface area (Å²) in [5.41, 5.74) is 1.12. The molecule has 0 bridgehead atoms. The highest BCUT2D eigenvalue weighted by atomic mass is 36.0. The van der Waals surface area contributed by atoms with Gasteiger partial charge < -0.3 is 18.4 Å². The number of aliphatic hydroxyl groups is 1. The van der Waals surface area contributed by atoms with Crippen molar-refractivity contribution in [2.24, 2.45) is 0 Å². The minimum atomic E-state index is -1.67. The summed E-state index contributed by atoms with van der Waals surface area (Å²) in [5.74, 6) is 1.60. The van der Waals surface area contributed by atoms with Gasteiger partial charge in [0, 0.05) is 46.0 Å². The molecule has 0 amide bonds. The van der Waals surface area contributed by atoms with Crippen molar-refractivity contribution < 1.29 is 45.3 Å². The Morgan fingerprint density at radius 1 is 0.750 bits per heavy atom. The van der Waals surface area contributed by atoms with E-state index in [0.29, 0.717) is 17.9 Å². The maximum Gasteiger partial charge on any atom is 0.373 e. The maximum absolute atomic E-state index is 12.5. The number of alkyl halides is 1. The molecule has 4 aromatic rings. The van der Waals surface area contributed by atoms with E-state index in [9.17, 15) is 13.2 Å². The van der Waals surface area contributed by atoms with Gasteiger partial charge in [0.15, 0.2) is 0 Å². The topological polar surface area (TPSA) is 111 Å². The van der Waals surface area contributed by atoms with E-state index in [0.717, 1.165) is 11.6 Å². The van der Waals surface area contributed by atoms with E-state index >= 15 is 0 Å². The number of furan rings is 3. The molecule has 3 heterocycles. The van der Waals surface area contributed by atoms with Gasteiger partial charge in [-0.25, -0.2) is 4.21 Å².